The Balaban J connectivity index is 2.31. The molecule has 0 saturated heterocycles. The zero-order valence-electron chi connectivity index (χ0n) is 11.6. The number of unbranched alkanes of at least 4 members (excludes halogenated alkanes) is 3. The van der Waals surface area contributed by atoms with Gasteiger partial charge in [0.25, 0.3) is 0 Å². The minimum atomic E-state index is -0.259. The van der Waals surface area contributed by atoms with Gasteiger partial charge in [0, 0.05) is 25.6 Å². The number of halogens is 1. The summed E-state index contributed by atoms with van der Waals surface area (Å²) in [5, 5.41) is 0. The quantitative estimate of drug-likeness (QED) is 0.735. The van der Waals surface area contributed by atoms with Crippen LogP contribution in [0.3, 0.4) is 0 Å². The lowest BCUT2D eigenvalue weighted by Crippen LogP contribution is -2.26. The summed E-state index contributed by atoms with van der Waals surface area (Å²) in [5.41, 5.74) is 5.97. The van der Waals surface area contributed by atoms with Gasteiger partial charge < -0.3 is 10.6 Å². The highest BCUT2D eigenvalue weighted by atomic mass is 19.1. The topological polar surface area (TPSA) is 46.3 Å². The van der Waals surface area contributed by atoms with Crippen LogP contribution in [0, 0.1) is 5.82 Å². The molecule has 0 aliphatic rings. The van der Waals surface area contributed by atoms with Crippen LogP contribution in [0.4, 0.5) is 4.39 Å². The fourth-order valence-corrected chi connectivity index (χ4v) is 1.94. The van der Waals surface area contributed by atoms with Crippen molar-refractivity contribution in [1.29, 1.82) is 0 Å². The number of hydrogen-bond donors (Lipinski definition) is 1. The van der Waals surface area contributed by atoms with Crippen LogP contribution in [0.15, 0.2) is 24.3 Å². The largest absolute Gasteiger partial charge is 0.341 e. The van der Waals surface area contributed by atoms with E-state index in [9.17, 15) is 9.18 Å². The number of amides is 1. The SMILES string of the molecule is CN(Cc1ccccc1F)C(=O)CCCCCCN. The molecule has 0 radical (unpaired) electrons. The normalized spacial score (nSPS) is 10.5. The highest BCUT2D eigenvalue weighted by molar-refractivity contribution is 5.75. The Morgan fingerprint density at radius 3 is 2.58 bits per heavy atom. The van der Waals surface area contributed by atoms with Gasteiger partial charge in [0.1, 0.15) is 5.82 Å². The Bertz CT molecular complexity index is 395. The second-order valence-corrected chi connectivity index (χ2v) is 4.79. The van der Waals surface area contributed by atoms with Crippen LogP contribution in [-0.2, 0) is 11.3 Å². The molecule has 0 heterocycles. The van der Waals surface area contributed by atoms with Gasteiger partial charge >= 0.3 is 0 Å². The van der Waals surface area contributed by atoms with Crippen LogP contribution in [0.25, 0.3) is 0 Å². The number of carbonyl (C=O) groups excluding carboxylic acids is 1. The fourth-order valence-electron chi connectivity index (χ4n) is 1.94. The summed E-state index contributed by atoms with van der Waals surface area (Å²) >= 11 is 0. The molecule has 0 aliphatic heterocycles. The van der Waals surface area contributed by atoms with Crippen LogP contribution >= 0.6 is 0 Å². The van der Waals surface area contributed by atoms with Crippen molar-refractivity contribution in [3.05, 3.63) is 35.6 Å². The van der Waals surface area contributed by atoms with Gasteiger partial charge in [-0.1, -0.05) is 31.0 Å². The molecule has 1 rings (SSSR count). The van der Waals surface area contributed by atoms with E-state index in [1.165, 1.54) is 6.07 Å². The summed E-state index contributed by atoms with van der Waals surface area (Å²) in [6.07, 6.45) is 4.51. The Hall–Kier alpha value is -1.42. The Kier molecular flexibility index (Phi) is 7.11. The van der Waals surface area contributed by atoms with Crippen molar-refractivity contribution in [1.82, 2.24) is 4.90 Å². The molecule has 19 heavy (non-hydrogen) atoms. The molecule has 3 nitrogen and oxygen atoms in total. The number of rotatable bonds is 8. The van der Waals surface area contributed by atoms with E-state index in [1.54, 1.807) is 30.1 Å². The summed E-state index contributed by atoms with van der Waals surface area (Å²) in [6.45, 7) is 1.04. The minimum absolute atomic E-state index is 0.0657. The van der Waals surface area contributed by atoms with Crippen LogP contribution in [-0.4, -0.2) is 24.4 Å². The predicted octanol–water partition coefficient (Wildman–Crippen LogP) is 2.69. The molecule has 0 aromatic heterocycles. The molecule has 106 valence electrons. The third kappa shape index (κ3) is 5.83. The smallest absolute Gasteiger partial charge is 0.222 e. The molecule has 2 N–H and O–H groups in total. The van der Waals surface area contributed by atoms with E-state index in [0.717, 1.165) is 25.7 Å². The van der Waals surface area contributed by atoms with Gasteiger partial charge in [-0.3, -0.25) is 4.79 Å². The zero-order chi connectivity index (χ0) is 14.1. The van der Waals surface area contributed by atoms with Gasteiger partial charge in [0.15, 0.2) is 0 Å². The van der Waals surface area contributed by atoms with Crippen molar-refractivity contribution >= 4 is 5.91 Å². The molecule has 0 spiro atoms. The van der Waals surface area contributed by atoms with Crippen LogP contribution in [0.2, 0.25) is 0 Å². The first-order valence-corrected chi connectivity index (χ1v) is 6.82. The Morgan fingerprint density at radius 2 is 1.89 bits per heavy atom. The Morgan fingerprint density at radius 1 is 1.21 bits per heavy atom. The molecule has 0 aliphatic carbocycles. The van der Waals surface area contributed by atoms with Gasteiger partial charge in [-0.25, -0.2) is 4.39 Å². The van der Waals surface area contributed by atoms with E-state index in [2.05, 4.69) is 0 Å². The molecule has 0 atom stereocenters. The van der Waals surface area contributed by atoms with Gasteiger partial charge in [-0.05, 0) is 25.5 Å². The monoisotopic (exact) mass is 266 g/mol. The highest BCUT2D eigenvalue weighted by Gasteiger charge is 2.10. The first-order chi connectivity index (χ1) is 9.15. The fraction of sp³-hybridized carbons (Fsp3) is 0.533. The van der Waals surface area contributed by atoms with Crippen LogP contribution in [0.5, 0.6) is 0 Å². The number of carbonyl (C=O) groups is 1. The van der Waals surface area contributed by atoms with Crippen molar-refractivity contribution in [3.63, 3.8) is 0 Å². The maximum atomic E-state index is 13.5. The molecule has 0 bridgehead atoms. The lowest BCUT2D eigenvalue weighted by Gasteiger charge is -2.17. The molecule has 1 aromatic rings. The third-order valence-electron chi connectivity index (χ3n) is 3.14. The number of nitrogens with zero attached hydrogens (tertiary/aromatic N) is 1. The van der Waals surface area contributed by atoms with E-state index >= 15 is 0 Å². The van der Waals surface area contributed by atoms with Crippen molar-refractivity contribution in [2.24, 2.45) is 5.73 Å². The van der Waals surface area contributed by atoms with Crippen LogP contribution in [0.1, 0.15) is 37.7 Å². The van der Waals surface area contributed by atoms with Crippen molar-refractivity contribution < 1.29 is 9.18 Å². The first kappa shape index (κ1) is 15.6. The predicted molar refractivity (Wildman–Crippen MR) is 75.0 cm³/mol. The average Bonchev–Trinajstić information content (AvgIpc) is 2.41. The van der Waals surface area contributed by atoms with E-state index in [-0.39, 0.29) is 11.7 Å². The highest BCUT2D eigenvalue weighted by Crippen LogP contribution is 2.11. The molecule has 0 saturated carbocycles. The number of benzene rings is 1. The molecule has 1 aromatic carbocycles. The standard InChI is InChI=1S/C15H23FN2O/c1-18(12-13-8-5-6-9-14(13)16)15(19)10-4-2-3-7-11-17/h5-6,8-9H,2-4,7,10-12,17H2,1H3. The van der Waals surface area contributed by atoms with Crippen molar-refractivity contribution in [2.75, 3.05) is 13.6 Å². The minimum Gasteiger partial charge on any atom is -0.341 e. The molecular weight excluding hydrogens is 243 g/mol. The van der Waals surface area contributed by atoms with Gasteiger partial charge in [-0.2, -0.15) is 0 Å². The average molecular weight is 266 g/mol. The third-order valence-corrected chi connectivity index (χ3v) is 3.14. The zero-order valence-corrected chi connectivity index (χ0v) is 11.6. The molecule has 0 fully saturated rings. The maximum absolute atomic E-state index is 13.5. The summed E-state index contributed by atoms with van der Waals surface area (Å²) in [7, 11) is 1.72. The molecule has 4 heteroatoms. The van der Waals surface area contributed by atoms with Crippen molar-refractivity contribution in [3.8, 4) is 0 Å². The number of nitrogens with two attached hydrogens (primary N) is 1. The number of hydrogen-bond acceptors (Lipinski definition) is 2. The second kappa shape index (κ2) is 8.64. The van der Waals surface area contributed by atoms with Gasteiger partial charge in [-0.15, -0.1) is 0 Å². The summed E-state index contributed by atoms with van der Waals surface area (Å²) in [4.78, 5) is 13.5. The van der Waals surface area contributed by atoms with E-state index in [0.29, 0.717) is 25.1 Å². The van der Waals surface area contributed by atoms with E-state index < -0.39 is 0 Å². The first-order valence-electron chi connectivity index (χ1n) is 6.82. The lowest BCUT2D eigenvalue weighted by molar-refractivity contribution is -0.130. The molecular formula is C15H23FN2O. The lowest BCUT2D eigenvalue weighted by atomic mass is 10.1. The van der Waals surface area contributed by atoms with E-state index in [4.69, 9.17) is 5.73 Å². The Labute approximate surface area is 114 Å². The van der Waals surface area contributed by atoms with Crippen LogP contribution < -0.4 is 5.73 Å². The van der Waals surface area contributed by atoms with E-state index in [1.807, 2.05) is 0 Å². The molecule has 1 amide bonds. The summed E-state index contributed by atoms with van der Waals surface area (Å²) in [5.74, 6) is -0.193. The van der Waals surface area contributed by atoms with Gasteiger partial charge in [0.2, 0.25) is 5.91 Å². The van der Waals surface area contributed by atoms with Crippen molar-refractivity contribution in [2.45, 2.75) is 38.6 Å². The summed E-state index contributed by atoms with van der Waals surface area (Å²) < 4.78 is 13.5. The van der Waals surface area contributed by atoms with Gasteiger partial charge in [0.05, 0.1) is 0 Å². The second-order valence-electron chi connectivity index (χ2n) is 4.79. The maximum Gasteiger partial charge on any atom is 0.222 e. The summed E-state index contributed by atoms with van der Waals surface area (Å²) in [6, 6.07) is 6.56. The molecule has 0 unspecified atom stereocenters.